The Hall–Kier alpha value is -2.57. The van der Waals surface area contributed by atoms with Gasteiger partial charge in [-0.2, -0.15) is 0 Å². The highest BCUT2D eigenvalue weighted by Gasteiger charge is 2.15. The van der Waals surface area contributed by atoms with E-state index < -0.39 is 4.92 Å². The molecule has 0 aliphatic rings. The summed E-state index contributed by atoms with van der Waals surface area (Å²) < 4.78 is 0. The first kappa shape index (κ1) is 12.9. The molecule has 0 saturated heterocycles. The minimum Gasteiger partial charge on any atom is -0.359 e. The fourth-order valence-corrected chi connectivity index (χ4v) is 1.51. The Morgan fingerprint density at radius 1 is 1.21 bits per heavy atom. The van der Waals surface area contributed by atoms with Crippen molar-refractivity contribution in [1.29, 1.82) is 0 Å². The highest BCUT2D eigenvalue weighted by Crippen LogP contribution is 2.22. The van der Waals surface area contributed by atoms with E-state index in [-0.39, 0.29) is 11.5 Å². The Balaban J connectivity index is 2.15. The van der Waals surface area contributed by atoms with Gasteiger partial charge in [-0.3, -0.25) is 20.1 Å². The van der Waals surface area contributed by atoms with Gasteiger partial charge in [0, 0.05) is 18.5 Å². The molecule has 2 aromatic heterocycles. The summed E-state index contributed by atoms with van der Waals surface area (Å²) in [6.07, 6.45) is 4.85. The summed E-state index contributed by atoms with van der Waals surface area (Å²) in [4.78, 5) is 22.8. The highest BCUT2D eigenvalue weighted by molar-refractivity contribution is 5.56. The molecule has 7 heteroatoms. The second kappa shape index (κ2) is 5.38. The van der Waals surface area contributed by atoms with Crippen molar-refractivity contribution in [3.8, 4) is 0 Å². The van der Waals surface area contributed by atoms with Crippen LogP contribution in [0.4, 0.5) is 11.5 Å². The van der Waals surface area contributed by atoms with Gasteiger partial charge in [0.15, 0.2) is 0 Å². The summed E-state index contributed by atoms with van der Waals surface area (Å²) in [5.74, 6) is 0.234. The number of hydrogen-bond donors (Lipinski definition) is 1. The van der Waals surface area contributed by atoms with Crippen molar-refractivity contribution in [2.45, 2.75) is 20.4 Å². The van der Waals surface area contributed by atoms with Crippen LogP contribution in [0.1, 0.15) is 17.0 Å². The fraction of sp³-hybridized carbons (Fsp3) is 0.250. The van der Waals surface area contributed by atoms with Crippen LogP contribution in [0.25, 0.3) is 0 Å². The molecule has 0 amide bonds. The second-order valence-electron chi connectivity index (χ2n) is 4.14. The quantitative estimate of drug-likeness (QED) is 0.666. The molecule has 98 valence electrons. The van der Waals surface area contributed by atoms with Gasteiger partial charge in [-0.25, -0.2) is 4.98 Å². The van der Waals surface area contributed by atoms with Gasteiger partial charge in [0.1, 0.15) is 0 Å². The lowest BCUT2D eigenvalue weighted by molar-refractivity contribution is -0.384. The molecule has 7 nitrogen and oxygen atoms in total. The van der Waals surface area contributed by atoms with E-state index in [0.717, 1.165) is 11.3 Å². The molecule has 2 aromatic rings. The maximum Gasteiger partial charge on any atom is 0.311 e. The van der Waals surface area contributed by atoms with Crippen molar-refractivity contribution in [2.75, 3.05) is 5.32 Å². The van der Waals surface area contributed by atoms with Crippen molar-refractivity contribution in [3.63, 3.8) is 0 Å². The van der Waals surface area contributed by atoms with Crippen molar-refractivity contribution < 1.29 is 4.92 Å². The molecular formula is C12H13N5O2. The summed E-state index contributed by atoms with van der Waals surface area (Å²) in [7, 11) is 0. The van der Waals surface area contributed by atoms with Crippen LogP contribution >= 0.6 is 0 Å². The first-order valence-electron chi connectivity index (χ1n) is 5.68. The molecule has 0 fully saturated rings. The van der Waals surface area contributed by atoms with Crippen molar-refractivity contribution >= 4 is 11.5 Å². The maximum absolute atomic E-state index is 10.9. The van der Waals surface area contributed by atoms with Crippen molar-refractivity contribution in [3.05, 3.63) is 51.7 Å². The summed E-state index contributed by atoms with van der Waals surface area (Å²) in [5.41, 5.74) is 2.22. The molecular weight excluding hydrogens is 246 g/mol. The summed E-state index contributed by atoms with van der Waals surface area (Å²) >= 11 is 0. The zero-order chi connectivity index (χ0) is 13.8. The molecule has 1 N–H and O–H groups in total. The monoisotopic (exact) mass is 259 g/mol. The Labute approximate surface area is 109 Å². The lowest BCUT2D eigenvalue weighted by Crippen LogP contribution is -2.06. The molecule has 0 aromatic carbocycles. The van der Waals surface area contributed by atoms with Gasteiger partial charge in [0.25, 0.3) is 0 Å². The summed E-state index contributed by atoms with van der Waals surface area (Å²) in [5, 5.41) is 13.8. The average molecular weight is 259 g/mol. The third kappa shape index (κ3) is 3.21. The third-order valence-electron chi connectivity index (χ3n) is 2.47. The van der Waals surface area contributed by atoms with E-state index in [1.54, 1.807) is 25.5 Å². The molecule has 0 saturated carbocycles. The van der Waals surface area contributed by atoms with Gasteiger partial charge < -0.3 is 5.32 Å². The Morgan fingerprint density at radius 3 is 2.63 bits per heavy atom. The van der Waals surface area contributed by atoms with E-state index in [2.05, 4.69) is 20.3 Å². The van der Waals surface area contributed by atoms with E-state index in [1.807, 2.05) is 6.92 Å². The molecule has 2 rings (SSSR count). The standard InChI is InChI=1S/C12H13N5O2/c1-8-3-11(17(18)19)12(15-4-8)16-7-10-6-13-9(2)5-14-10/h3-6H,7H2,1-2H3,(H,15,16). The van der Waals surface area contributed by atoms with E-state index >= 15 is 0 Å². The van der Waals surface area contributed by atoms with E-state index in [0.29, 0.717) is 12.2 Å². The van der Waals surface area contributed by atoms with Gasteiger partial charge in [-0.15, -0.1) is 0 Å². The second-order valence-corrected chi connectivity index (χ2v) is 4.14. The molecule has 0 atom stereocenters. The summed E-state index contributed by atoms with van der Waals surface area (Å²) in [6.45, 7) is 3.94. The molecule has 0 unspecified atom stereocenters. The van der Waals surface area contributed by atoms with Crippen LogP contribution in [0, 0.1) is 24.0 Å². The Bertz CT molecular complexity index is 598. The molecule has 0 spiro atoms. The lowest BCUT2D eigenvalue weighted by atomic mass is 10.3. The Kier molecular flexibility index (Phi) is 3.65. The highest BCUT2D eigenvalue weighted by atomic mass is 16.6. The normalized spacial score (nSPS) is 10.2. The van der Waals surface area contributed by atoms with Crippen LogP contribution in [-0.4, -0.2) is 19.9 Å². The van der Waals surface area contributed by atoms with Gasteiger partial charge >= 0.3 is 5.69 Å². The van der Waals surface area contributed by atoms with Crippen LogP contribution < -0.4 is 5.32 Å². The number of nitro groups is 1. The zero-order valence-electron chi connectivity index (χ0n) is 10.6. The number of nitrogens with zero attached hydrogens (tertiary/aromatic N) is 4. The van der Waals surface area contributed by atoms with Gasteiger partial charge in [-0.1, -0.05) is 0 Å². The van der Waals surface area contributed by atoms with Crippen LogP contribution in [0.2, 0.25) is 0 Å². The molecule has 0 aliphatic carbocycles. The average Bonchev–Trinajstić information content (AvgIpc) is 2.39. The van der Waals surface area contributed by atoms with Crippen LogP contribution in [0.5, 0.6) is 0 Å². The maximum atomic E-state index is 10.9. The number of rotatable bonds is 4. The lowest BCUT2D eigenvalue weighted by Gasteiger charge is -2.06. The van der Waals surface area contributed by atoms with E-state index in [1.165, 1.54) is 6.07 Å². The Morgan fingerprint density at radius 2 is 2.00 bits per heavy atom. The molecule has 2 heterocycles. The SMILES string of the molecule is Cc1cnc(NCc2cnc(C)cn2)c([N+](=O)[O-])c1. The zero-order valence-corrected chi connectivity index (χ0v) is 10.6. The number of pyridine rings is 1. The van der Waals surface area contributed by atoms with Crippen LogP contribution in [0.15, 0.2) is 24.7 Å². The van der Waals surface area contributed by atoms with Crippen LogP contribution in [-0.2, 0) is 6.54 Å². The predicted molar refractivity (Wildman–Crippen MR) is 69.7 cm³/mol. The topological polar surface area (TPSA) is 93.8 Å². The number of nitrogens with one attached hydrogen (secondary N) is 1. The largest absolute Gasteiger partial charge is 0.359 e. The molecule has 0 bridgehead atoms. The van der Waals surface area contributed by atoms with E-state index in [9.17, 15) is 10.1 Å². The van der Waals surface area contributed by atoms with Gasteiger partial charge in [0.2, 0.25) is 5.82 Å². The first-order valence-corrected chi connectivity index (χ1v) is 5.68. The van der Waals surface area contributed by atoms with E-state index in [4.69, 9.17) is 0 Å². The predicted octanol–water partition coefficient (Wildman–Crippen LogP) is 2.01. The molecule has 19 heavy (non-hydrogen) atoms. The third-order valence-corrected chi connectivity index (χ3v) is 2.47. The molecule has 0 radical (unpaired) electrons. The number of aryl methyl sites for hydroxylation is 2. The van der Waals surface area contributed by atoms with Crippen molar-refractivity contribution in [1.82, 2.24) is 15.0 Å². The fourth-order valence-electron chi connectivity index (χ4n) is 1.51. The number of hydrogen-bond acceptors (Lipinski definition) is 6. The van der Waals surface area contributed by atoms with Crippen molar-refractivity contribution in [2.24, 2.45) is 0 Å². The van der Waals surface area contributed by atoms with Crippen LogP contribution in [0.3, 0.4) is 0 Å². The first-order chi connectivity index (χ1) is 9.06. The number of aromatic nitrogens is 3. The minimum atomic E-state index is -0.455. The van der Waals surface area contributed by atoms with Gasteiger partial charge in [0.05, 0.1) is 29.1 Å². The smallest absolute Gasteiger partial charge is 0.311 e. The minimum absolute atomic E-state index is 0.0416. The van der Waals surface area contributed by atoms with Gasteiger partial charge in [-0.05, 0) is 19.4 Å². The number of anilines is 1. The summed E-state index contributed by atoms with van der Waals surface area (Å²) in [6, 6.07) is 1.48. The molecule has 0 aliphatic heterocycles.